The molecular formula is C16H16FNO. The summed E-state index contributed by atoms with van der Waals surface area (Å²) in [6.45, 7) is 5.17. The number of hydrogen-bond acceptors (Lipinski definition) is 2. The number of halogens is 1. The highest BCUT2D eigenvalue weighted by Crippen LogP contribution is 2.20. The molecule has 0 unspecified atom stereocenters. The Kier molecular flexibility index (Phi) is 3.38. The summed E-state index contributed by atoms with van der Waals surface area (Å²) in [6.07, 6.45) is 0. The van der Waals surface area contributed by atoms with E-state index >= 15 is 0 Å². The van der Waals surface area contributed by atoms with Crippen LogP contribution in [0.4, 0.5) is 10.1 Å². The quantitative estimate of drug-likeness (QED) is 0.660. The summed E-state index contributed by atoms with van der Waals surface area (Å²) in [5.74, 6) is -0.376. The van der Waals surface area contributed by atoms with E-state index in [2.05, 4.69) is 0 Å². The minimum Gasteiger partial charge on any atom is -0.399 e. The first-order valence-electron chi connectivity index (χ1n) is 6.07. The van der Waals surface area contributed by atoms with Gasteiger partial charge in [0.1, 0.15) is 5.82 Å². The fraction of sp³-hybridized carbons (Fsp3) is 0.188. The Morgan fingerprint density at radius 1 is 0.947 bits per heavy atom. The number of rotatable bonds is 2. The molecular weight excluding hydrogens is 241 g/mol. The van der Waals surface area contributed by atoms with Crippen molar-refractivity contribution in [3.05, 3.63) is 64.0 Å². The van der Waals surface area contributed by atoms with Crippen molar-refractivity contribution >= 4 is 11.5 Å². The van der Waals surface area contributed by atoms with Crippen LogP contribution in [0.5, 0.6) is 0 Å². The Hall–Kier alpha value is -2.16. The summed E-state index contributed by atoms with van der Waals surface area (Å²) in [7, 11) is 0. The summed E-state index contributed by atoms with van der Waals surface area (Å²) in [6, 6.07) is 8.32. The molecule has 0 amide bonds. The van der Waals surface area contributed by atoms with Crippen LogP contribution >= 0.6 is 0 Å². The number of anilines is 1. The molecule has 19 heavy (non-hydrogen) atoms. The van der Waals surface area contributed by atoms with Crippen molar-refractivity contribution in [3.8, 4) is 0 Å². The van der Waals surface area contributed by atoms with E-state index in [1.807, 2.05) is 6.92 Å². The van der Waals surface area contributed by atoms with E-state index in [0.717, 1.165) is 5.56 Å². The molecule has 0 aliphatic heterocycles. The monoisotopic (exact) mass is 257 g/mol. The third-order valence-corrected chi connectivity index (χ3v) is 3.23. The number of carbonyl (C=O) groups excluding carboxylic acids is 1. The molecule has 0 aliphatic carbocycles. The molecule has 0 saturated heterocycles. The van der Waals surface area contributed by atoms with Crippen LogP contribution in [0.25, 0.3) is 0 Å². The third-order valence-electron chi connectivity index (χ3n) is 3.23. The summed E-state index contributed by atoms with van der Waals surface area (Å²) < 4.78 is 13.6. The number of nitrogen functional groups attached to an aromatic ring is 1. The van der Waals surface area contributed by atoms with Gasteiger partial charge in [0.05, 0.1) is 0 Å². The first kappa shape index (κ1) is 13.3. The van der Waals surface area contributed by atoms with Crippen molar-refractivity contribution in [3.63, 3.8) is 0 Å². The molecule has 0 bridgehead atoms. The van der Waals surface area contributed by atoms with Gasteiger partial charge in [-0.2, -0.15) is 0 Å². The Morgan fingerprint density at radius 3 is 2.00 bits per heavy atom. The lowest BCUT2D eigenvalue weighted by molar-refractivity contribution is 0.103. The Balaban J connectivity index is 2.47. The van der Waals surface area contributed by atoms with Gasteiger partial charge in [0, 0.05) is 16.8 Å². The van der Waals surface area contributed by atoms with E-state index in [-0.39, 0.29) is 11.6 Å². The number of nitrogens with two attached hydrogens (primary N) is 1. The molecule has 0 atom stereocenters. The average molecular weight is 257 g/mol. The van der Waals surface area contributed by atoms with Gasteiger partial charge in [-0.3, -0.25) is 4.79 Å². The molecule has 0 radical (unpaired) electrons. The Morgan fingerprint density at radius 2 is 1.47 bits per heavy atom. The molecule has 0 spiro atoms. The van der Waals surface area contributed by atoms with Gasteiger partial charge in [0.2, 0.25) is 0 Å². The van der Waals surface area contributed by atoms with Gasteiger partial charge in [-0.1, -0.05) is 0 Å². The molecule has 0 aliphatic rings. The second kappa shape index (κ2) is 4.84. The molecule has 98 valence electrons. The largest absolute Gasteiger partial charge is 0.399 e. The predicted molar refractivity (Wildman–Crippen MR) is 74.9 cm³/mol. The molecule has 0 heterocycles. The number of ketones is 1. The second-order valence-corrected chi connectivity index (χ2v) is 4.82. The standard InChI is InChI=1S/C16H16FNO/c1-9-6-12(4-5-14(9)18)16(19)13-7-10(2)15(17)11(3)8-13/h4-8H,18H2,1-3H3. The molecule has 3 heteroatoms. The lowest BCUT2D eigenvalue weighted by atomic mass is 9.97. The van der Waals surface area contributed by atoms with E-state index < -0.39 is 0 Å². The van der Waals surface area contributed by atoms with E-state index in [0.29, 0.717) is 27.9 Å². The molecule has 2 N–H and O–H groups in total. The zero-order valence-electron chi connectivity index (χ0n) is 11.3. The first-order chi connectivity index (χ1) is 8.90. The maximum atomic E-state index is 13.6. The fourth-order valence-corrected chi connectivity index (χ4v) is 2.06. The summed E-state index contributed by atoms with van der Waals surface area (Å²) in [5.41, 5.74) is 9.28. The third kappa shape index (κ3) is 2.50. The summed E-state index contributed by atoms with van der Waals surface area (Å²) in [5, 5.41) is 0. The maximum absolute atomic E-state index is 13.6. The van der Waals surface area contributed by atoms with Crippen LogP contribution in [0.2, 0.25) is 0 Å². The lowest BCUT2D eigenvalue weighted by Gasteiger charge is -2.08. The maximum Gasteiger partial charge on any atom is 0.193 e. The molecule has 2 nitrogen and oxygen atoms in total. The van der Waals surface area contributed by atoms with Crippen LogP contribution in [0.15, 0.2) is 30.3 Å². The SMILES string of the molecule is Cc1cc(C(=O)c2cc(C)c(F)c(C)c2)ccc1N. The Labute approximate surface area is 112 Å². The van der Waals surface area contributed by atoms with Gasteiger partial charge >= 0.3 is 0 Å². The van der Waals surface area contributed by atoms with Crippen LogP contribution < -0.4 is 5.73 Å². The molecule has 0 aromatic heterocycles. The lowest BCUT2D eigenvalue weighted by Crippen LogP contribution is -2.05. The van der Waals surface area contributed by atoms with E-state index in [1.165, 1.54) is 0 Å². The van der Waals surface area contributed by atoms with Crippen molar-refractivity contribution in [2.45, 2.75) is 20.8 Å². The van der Waals surface area contributed by atoms with Crippen molar-refractivity contribution in [1.82, 2.24) is 0 Å². The normalized spacial score (nSPS) is 10.5. The minimum atomic E-state index is -0.259. The average Bonchev–Trinajstić information content (AvgIpc) is 2.37. The van der Waals surface area contributed by atoms with Gasteiger partial charge in [-0.05, 0) is 67.8 Å². The van der Waals surface area contributed by atoms with Crippen LogP contribution in [0.1, 0.15) is 32.6 Å². The predicted octanol–water partition coefficient (Wildman–Crippen LogP) is 3.56. The fourth-order valence-electron chi connectivity index (χ4n) is 2.06. The van der Waals surface area contributed by atoms with Crippen LogP contribution in [0, 0.1) is 26.6 Å². The smallest absolute Gasteiger partial charge is 0.193 e. The highest BCUT2D eigenvalue weighted by atomic mass is 19.1. The molecule has 2 rings (SSSR count). The number of benzene rings is 2. The topological polar surface area (TPSA) is 43.1 Å². The van der Waals surface area contributed by atoms with E-state index in [9.17, 15) is 9.18 Å². The Bertz CT molecular complexity index is 639. The second-order valence-electron chi connectivity index (χ2n) is 4.82. The van der Waals surface area contributed by atoms with Crippen molar-refractivity contribution < 1.29 is 9.18 Å². The number of hydrogen-bond donors (Lipinski definition) is 1. The van der Waals surface area contributed by atoms with Crippen molar-refractivity contribution in [1.29, 1.82) is 0 Å². The van der Waals surface area contributed by atoms with Crippen LogP contribution in [-0.2, 0) is 0 Å². The van der Waals surface area contributed by atoms with Gasteiger partial charge in [-0.25, -0.2) is 4.39 Å². The minimum absolute atomic E-state index is 0.116. The van der Waals surface area contributed by atoms with Crippen molar-refractivity contribution in [2.24, 2.45) is 0 Å². The highest BCUT2D eigenvalue weighted by molar-refractivity contribution is 6.09. The molecule has 0 fully saturated rings. The number of carbonyl (C=O) groups is 1. The molecule has 2 aromatic rings. The van der Waals surface area contributed by atoms with Gasteiger partial charge in [0.25, 0.3) is 0 Å². The van der Waals surface area contributed by atoms with Gasteiger partial charge < -0.3 is 5.73 Å². The van der Waals surface area contributed by atoms with Gasteiger partial charge in [-0.15, -0.1) is 0 Å². The van der Waals surface area contributed by atoms with Crippen molar-refractivity contribution in [2.75, 3.05) is 5.73 Å². The summed E-state index contributed by atoms with van der Waals surface area (Å²) in [4.78, 5) is 12.4. The van der Waals surface area contributed by atoms with Crippen LogP contribution in [-0.4, -0.2) is 5.78 Å². The molecule has 2 aromatic carbocycles. The number of aryl methyl sites for hydroxylation is 3. The zero-order valence-corrected chi connectivity index (χ0v) is 11.3. The zero-order chi connectivity index (χ0) is 14.2. The van der Waals surface area contributed by atoms with Gasteiger partial charge in [0.15, 0.2) is 5.78 Å². The highest BCUT2D eigenvalue weighted by Gasteiger charge is 2.13. The van der Waals surface area contributed by atoms with E-state index in [4.69, 9.17) is 5.73 Å². The molecule has 0 saturated carbocycles. The van der Waals surface area contributed by atoms with E-state index in [1.54, 1.807) is 44.2 Å². The summed E-state index contributed by atoms with van der Waals surface area (Å²) >= 11 is 0. The first-order valence-corrected chi connectivity index (χ1v) is 6.07. The van der Waals surface area contributed by atoms with Crippen LogP contribution in [0.3, 0.4) is 0 Å².